The van der Waals surface area contributed by atoms with Crippen LogP contribution in [0.1, 0.15) is 22.8 Å². The summed E-state index contributed by atoms with van der Waals surface area (Å²) in [6, 6.07) is 34.1. The summed E-state index contributed by atoms with van der Waals surface area (Å²) in [5, 5.41) is 0. The Kier molecular flexibility index (Phi) is 6.76. The van der Waals surface area contributed by atoms with Crippen LogP contribution in [0.3, 0.4) is 0 Å². The molecule has 33 heavy (non-hydrogen) atoms. The van der Waals surface area contributed by atoms with E-state index in [-0.39, 0.29) is 10.9 Å². The average molecular weight is 456 g/mol. The van der Waals surface area contributed by atoms with Gasteiger partial charge in [-0.2, -0.15) is 0 Å². The van der Waals surface area contributed by atoms with Crippen LogP contribution in [0.2, 0.25) is 0 Å². The van der Waals surface area contributed by atoms with Crippen molar-refractivity contribution in [1.82, 2.24) is 0 Å². The molecule has 0 fully saturated rings. The maximum Gasteiger partial charge on any atom is 0.339 e. The molecule has 0 heterocycles. The Bertz CT molecular complexity index is 1200. The molecule has 0 saturated carbocycles. The van der Waals surface area contributed by atoms with Gasteiger partial charge in [0.1, 0.15) is 5.82 Å². The van der Waals surface area contributed by atoms with Gasteiger partial charge in [0.25, 0.3) is 0 Å². The lowest BCUT2D eigenvalue weighted by molar-refractivity contribution is 0.00921. The second-order valence-corrected chi connectivity index (χ2v) is 9.69. The van der Waals surface area contributed by atoms with E-state index in [1.807, 2.05) is 48.5 Å². The molecular weight excluding hydrogens is 431 g/mol. The highest BCUT2D eigenvalue weighted by molar-refractivity contribution is 7.97. The molecule has 4 aromatic rings. The molecule has 0 radical (unpaired) electrons. The summed E-state index contributed by atoms with van der Waals surface area (Å²) in [6.07, 6.45) is 1.51. The fourth-order valence-corrected chi connectivity index (χ4v) is 5.60. The number of hydrogen-bond acceptors (Lipinski definition) is 2. The van der Waals surface area contributed by atoms with Gasteiger partial charge in [0.15, 0.2) is 20.3 Å². The topological polar surface area (TPSA) is 26.3 Å². The Morgan fingerprint density at radius 1 is 0.818 bits per heavy atom. The molecule has 2 nitrogen and oxygen atoms in total. The van der Waals surface area contributed by atoms with Crippen LogP contribution in [0, 0.1) is 5.82 Å². The quantitative estimate of drug-likeness (QED) is 0.168. The van der Waals surface area contributed by atoms with Crippen LogP contribution in [-0.2, 0) is 21.2 Å². The smallest absolute Gasteiger partial charge is 0.339 e. The Labute approximate surface area is 196 Å². The zero-order chi connectivity index (χ0) is 23.3. The average Bonchev–Trinajstić information content (AvgIpc) is 2.86. The molecule has 164 valence electrons. The number of halogens is 1. The molecule has 0 saturated heterocycles. The van der Waals surface area contributed by atoms with E-state index in [2.05, 4.69) is 30.8 Å². The number of ether oxygens (including phenoxy) is 1. The zero-order valence-electron chi connectivity index (χ0n) is 18.3. The molecule has 0 spiro atoms. The van der Waals surface area contributed by atoms with Gasteiger partial charge in [-0.25, -0.2) is 9.18 Å². The van der Waals surface area contributed by atoms with E-state index in [0.29, 0.717) is 11.1 Å². The van der Waals surface area contributed by atoms with Gasteiger partial charge < -0.3 is 4.74 Å². The fraction of sp³-hybridized carbons (Fsp3) is 0.0690. The highest BCUT2D eigenvalue weighted by atomic mass is 32.2. The van der Waals surface area contributed by atoms with Gasteiger partial charge in [0.05, 0.1) is 16.5 Å². The number of rotatable bonds is 7. The minimum atomic E-state index is -1.14. The third-order valence-corrected chi connectivity index (χ3v) is 7.61. The van der Waals surface area contributed by atoms with Gasteiger partial charge in [-0.05, 0) is 73.7 Å². The third-order valence-electron chi connectivity index (χ3n) is 5.38. The van der Waals surface area contributed by atoms with Gasteiger partial charge in [0, 0.05) is 5.56 Å². The lowest BCUT2D eigenvalue weighted by Crippen LogP contribution is -2.27. The first-order valence-corrected chi connectivity index (χ1v) is 11.8. The van der Waals surface area contributed by atoms with Crippen LogP contribution in [0.15, 0.2) is 137 Å². The lowest BCUT2D eigenvalue weighted by Gasteiger charge is -2.26. The van der Waals surface area contributed by atoms with E-state index in [1.165, 1.54) is 28.0 Å². The van der Waals surface area contributed by atoms with Crippen molar-refractivity contribution in [2.75, 3.05) is 0 Å². The van der Waals surface area contributed by atoms with Crippen molar-refractivity contribution in [1.29, 1.82) is 0 Å². The first kappa shape index (κ1) is 22.6. The van der Waals surface area contributed by atoms with E-state index >= 15 is 0 Å². The predicted molar refractivity (Wildman–Crippen MR) is 131 cm³/mol. The number of esters is 1. The Morgan fingerprint density at radius 2 is 1.36 bits per heavy atom. The van der Waals surface area contributed by atoms with Gasteiger partial charge in [0.2, 0.25) is 0 Å². The highest BCUT2D eigenvalue weighted by Crippen LogP contribution is 2.32. The van der Waals surface area contributed by atoms with Crippen LogP contribution in [0.4, 0.5) is 4.39 Å². The molecule has 0 aliphatic heterocycles. The molecular formula is C29H24FO2S+. The van der Waals surface area contributed by atoms with Crippen molar-refractivity contribution in [2.24, 2.45) is 0 Å². The molecule has 0 N–H and O–H groups in total. The summed E-state index contributed by atoms with van der Waals surface area (Å²) in [5.41, 5.74) is -0.194. The van der Waals surface area contributed by atoms with Crippen LogP contribution >= 0.6 is 0 Å². The monoisotopic (exact) mass is 455 g/mol. The molecule has 4 rings (SSSR count). The standard InChI is InChI=1S/C29H24FO2S/c1-3-29(2,23-11-10-12-24(30)21-23)32-28(31)22-17-19-27(20-18-22)33(25-13-6-4-7-14-25)26-15-8-5-9-16-26/h3-21H,1H2,2H3/q+1. The normalized spacial score (nSPS) is 12.7. The second-order valence-electron chi connectivity index (χ2n) is 7.67. The maximum absolute atomic E-state index is 13.7. The summed E-state index contributed by atoms with van der Waals surface area (Å²) < 4.78 is 19.5. The van der Waals surface area contributed by atoms with Crippen LogP contribution in [-0.4, -0.2) is 5.97 Å². The summed E-state index contributed by atoms with van der Waals surface area (Å²) in [5.74, 6) is -0.887. The molecule has 1 unspecified atom stereocenters. The van der Waals surface area contributed by atoms with Crippen molar-refractivity contribution < 1.29 is 13.9 Å². The summed E-state index contributed by atoms with van der Waals surface area (Å²) >= 11 is 0. The minimum Gasteiger partial charge on any atom is -0.447 e. The van der Waals surface area contributed by atoms with Gasteiger partial charge in [-0.3, -0.25) is 0 Å². The van der Waals surface area contributed by atoms with Crippen molar-refractivity contribution in [3.05, 3.63) is 139 Å². The molecule has 0 aromatic heterocycles. The predicted octanol–water partition coefficient (Wildman–Crippen LogP) is 7.18. The fourth-order valence-electron chi connectivity index (χ4n) is 3.52. The number of carbonyl (C=O) groups excluding carboxylic acids is 1. The summed E-state index contributed by atoms with van der Waals surface area (Å²) in [7, 11) is -0.299. The molecule has 0 bridgehead atoms. The van der Waals surface area contributed by atoms with Crippen molar-refractivity contribution in [3.63, 3.8) is 0 Å². The molecule has 0 amide bonds. The Hall–Kier alpha value is -3.63. The second kappa shape index (κ2) is 9.88. The third kappa shape index (κ3) is 5.07. The van der Waals surface area contributed by atoms with Crippen LogP contribution in [0.5, 0.6) is 0 Å². The van der Waals surface area contributed by atoms with Gasteiger partial charge in [-0.1, -0.05) is 55.1 Å². The van der Waals surface area contributed by atoms with E-state index in [9.17, 15) is 9.18 Å². The molecule has 0 aliphatic carbocycles. The van der Waals surface area contributed by atoms with Crippen molar-refractivity contribution in [3.8, 4) is 0 Å². The van der Waals surface area contributed by atoms with E-state index in [1.54, 1.807) is 31.2 Å². The van der Waals surface area contributed by atoms with E-state index in [0.717, 1.165) is 4.90 Å². The van der Waals surface area contributed by atoms with Crippen molar-refractivity contribution in [2.45, 2.75) is 27.2 Å². The lowest BCUT2D eigenvalue weighted by atomic mass is 9.95. The molecule has 0 aliphatic rings. The SMILES string of the molecule is C=CC(C)(OC(=O)c1ccc([S+](c2ccccc2)c2ccccc2)cc1)c1cccc(F)c1. The number of carbonyl (C=O) groups is 1. The Balaban J connectivity index is 1.61. The van der Waals surface area contributed by atoms with Crippen LogP contribution < -0.4 is 0 Å². The largest absolute Gasteiger partial charge is 0.447 e. The minimum absolute atomic E-state index is 0.299. The van der Waals surface area contributed by atoms with E-state index < -0.39 is 17.4 Å². The zero-order valence-corrected chi connectivity index (χ0v) is 19.1. The van der Waals surface area contributed by atoms with Gasteiger partial charge in [-0.15, -0.1) is 0 Å². The summed E-state index contributed by atoms with van der Waals surface area (Å²) in [6.45, 7) is 5.49. The number of benzene rings is 4. The van der Waals surface area contributed by atoms with Crippen molar-refractivity contribution >= 4 is 16.9 Å². The first-order chi connectivity index (χ1) is 16.0. The first-order valence-electron chi connectivity index (χ1n) is 10.6. The van der Waals surface area contributed by atoms with E-state index in [4.69, 9.17) is 4.74 Å². The molecule has 4 aromatic carbocycles. The molecule has 4 heteroatoms. The molecule has 1 atom stereocenters. The Morgan fingerprint density at radius 3 is 1.88 bits per heavy atom. The summed E-state index contributed by atoms with van der Waals surface area (Å²) in [4.78, 5) is 16.4. The highest BCUT2D eigenvalue weighted by Gasteiger charge is 2.31. The maximum atomic E-state index is 13.7. The number of hydrogen-bond donors (Lipinski definition) is 0. The van der Waals surface area contributed by atoms with Gasteiger partial charge >= 0.3 is 5.97 Å². The van der Waals surface area contributed by atoms with Crippen LogP contribution in [0.25, 0.3) is 0 Å².